The minimum absolute atomic E-state index is 0.0776. The van der Waals surface area contributed by atoms with E-state index in [9.17, 15) is 19.3 Å². The smallest absolute Gasteiger partial charge is 0.295 e. The second-order valence-corrected chi connectivity index (χ2v) is 4.70. The van der Waals surface area contributed by atoms with Gasteiger partial charge in [0.1, 0.15) is 11.5 Å². The van der Waals surface area contributed by atoms with Gasteiger partial charge in [-0.25, -0.2) is 9.49 Å². The van der Waals surface area contributed by atoms with Gasteiger partial charge in [-0.15, -0.1) is 5.10 Å². The van der Waals surface area contributed by atoms with Crippen molar-refractivity contribution in [2.45, 2.75) is 5.16 Å². The van der Waals surface area contributed by atoms with E-state index in [0.29, 0.717) is 0 Å². The van der Waals surface area contributed by atoms with Gasteiger partial charge in [0.25, 0.3) is 5.69 Å². The predicted octanol–water partition coefficient (Wildman–Crippen LogP) is 1.17. The number of H-pyrrole nitrogens is 1. The third-order valence-corrected chi connectivity index (χ3v) is 3.09. The number of benzene rings is 1. The minimum atomic E-state index is -0.776. The number of anilines is 2. The minimum Gasteiger partial charge on any atom is -0.368 e. The lowest BCUT2D eigenvalue weighted by Crippen LogP contribution is -2.15. The molecule has 21 heavy (non-hydrogen) atoms. The Morgan fingerprint density at radius 3 is 2.95 bits per heavy atom. The zero-order chi connectivity index (χ0) is 15.4. The number of nitrogens with two attached hydrogens (primary N) is 1. The number of nitro benzene ring substituents is 1. The molecule has 0 saturated carbocycles. The molecule has 1 aromatic heterocycles. The predicted molar refractivity (Wildman–Crippen MR) is 73.2 cm³/mol. The van der Waals surface area contributed by atoms with Crippen LogP contribution in [0.3, 0.4) is 0 Å². The standard InChI is InChI=1S/C10H9FN6O3S/c11-5-1-2-6(7(3-5)17(19)20)13-8(18)4-21-10-14-9(12)15-16-10/h1-3H,4H2,(H,13,18)(H3,12,14,15,16). The number of thioether (sulfide) groups is 1. The van der Waals surface area contributed by atoms with Crippen LogP contribution in [-0.2, 0) is 4.79 Å². The summed E-state index contributed by atoms with van der Waals surface area (Å²) in [5, 5.41) is 19.5. The number of aromatic amines is 1. The summed E-state index contributed by atoms with van der Waals surface area (Å²) < 4.78 is 13.0. The third kappa shape index (κ3) is 3.89. The van der Waals surface area contributed by atoms with E-state index in [1.165, 1.54) is 0 Å². The Morgan fingerprint density at radius 1 is 1.57 bits per heavy atom. The van der Waals surface area contributed by atoms with Crippen molar-refractivity contribution >= 4 is 35.0 Å². The molecule has 0 radical (unpaired) electrons. The Balaban J connectivity index is 2.01. The number of halogens is 1. The van der Waals surface area contributed by atoms with E-state index in [2.05, 4.69) is 20.5 Å². The van der Waals surface area contributed by atoms with Crippen molar-refractivity contribution in [1.82, 2.24) is 15.2 Å². The third-order valence-electron chi connectivity index (χ3n) is 2.25. The lowest BCUT2D eigenvalue weighted by molar-refractivity contribution is -0.384. The lowest BCUT2D eigenvalue weighted by Gasteiger charge is -2.05. The number of rotatable bonds is 5. The zero-order valence-corrected chi connectivity index (χ0v) is 11.2. The summed E-state index contributed by atoms with van der Waals surface area (Å²) in [6, 6.07) is 2.88. The molecule has 2 aromatic rings. The van der Waals surface area contributed by atoms with Crippen LogP contribution in [0.25, 0.3) is 0 Å². The van der Waals surface area contributed by atoms with Crippen molar-refractivity contribution in [3.63, 3.8) is 0 Å². The first-order chi connectivity index (χ1) is 9.95. The molecule has 0 bridgehead atoms. The molecule has 1 amide bonds. The molecule has 0 aliphatic heterocycles. The molecule has 1 heterocycles. The number of carbonyl (C=O) groups excluding carboxylic acids is 1. The van der Waals surface area contributed by atoms with Crippen LogP contribution in [0.1, 0.15) is 0 Å². The lowest BCUT2D eigenvalue weighted by atomic mass is 10.2. The number of amides is 1. The van der Waals surface area contributed by atoms with Gasteiger partial charge in [0, 0.05) is 0 Å². The Labute approximate surface area is 121 Å². The van der Waals surface area contributed by atoms with E-state index < -0.39 is 22.3 Å². The highest BCUT2D eigenvalue weighted by Gasteiger charge is 2.17. The van der Waals surface area contributed by atoms with Crippen molar-refractivity contribution < 1.29 is 14.1 Å². The van der Waals surface area contributed by atoms with Crippen LogP contribution < -0.4 is 11.1 Å². The Morgan fingerprint density at radius 2 is 2.33 bits per heavy atom. The molecule has 11 heteroatoms. The van der Waals surface area contributed by atoms with E-state index in [0.717, 1.165) is 30.0 Å². The van der Waals surface area contributed by atoms with Crippen LogP contribution >= 0.6 is 11.8 Å². The van der Waals surface area contributed by atoms with E-state index >= 15 is 0 Å². The highest BCUT2D eigenvalue weighted by atomic mass is 32.2. The summed E-state index contributed by atoms with van der Waals surface area (Å²) in [6.07, 6.45) is 0. The van der Waals surface area contributed by atoms with Gasteiger partial charge in [-0.3, -0.25) is 14.9 Å². The van der Waals surface area contributed by atoms with E-state index in [-0.39, 0.29) is 22.5 Å². The molecule has 110 valence electrons. The Bertz CT molecular complexity index is 691. The summed E-state index contributed by atoms with van der Waals surface area (Å²) in [7, 11) is 0. The second kappa shape index (κ2) is 6.17. The van der Waals surface area contributed by atoms with Gasteiger partial charge in [0.15, 0.2) is 0 Å². The molecule has 9 nitrogen and oxygen atoms in total. The number of hydrogen-bond acceptors (Lipinski definition) is 7. The average molecular weight is 312 g/mol. The molecule has 0 unspecified atom stereocenters. The summed E-state index contributed by atoms with van der Waals surface area (Å²) in [5.74, 6) is -1.23. The normalized spacial score (nSPS) is 10.3. The van der Waals surface area contributed by atoms with Crippen molar-refractivity contribution in [2.75, 3.05) is 16.8 Å². The van der Waals surface area contributed by atoms with Gasteiger partial charge >= 0.3 is 0 Å². The monoisotopic (exact) mass is 312 g/mol. The SMILES string of the molecule is Nc1nc(SCC(=O)Nc2ccc(F)cc2[N+](=O)[O-])n[nH]1. The van der Waals surface area contributed by atoms with Crippen LogP contribution in [0.15, 0.2) is 23.4 Å². The fourth-order valence-corrected chi connectivity index (χ4v) is 2.01. The fourth-order valence-electron chi connectivity index (χ4n) is 1.40. The van der Waals surface area contributed by atoms with Gasteiger partial charge in [0.2, 0.25) is 17.0 Å². The topological polar surface area (TPSA) is 140 Å². The maximum absolute atomic E-state index is 13.0. The molecule has 0 aliphatic carbocycles. The number of hydrogen-bond donors (Lipinski definition) is 3. The van der Waals surface area contributed by atoms with Crippen molar-refractivity contribution in [1.29, 1.82) is 0 Å². The highest BCUT2D eigenvalue weighted by molar-refractivity contribution is 7.99. The van der Waals surface area contributed by atoms with Crippen molar-refractivity contribution in [3.8, 4) is 0 Å². The highest BCUT2D eigenvalue weighted by Crippen LogP contribution is 2.25. The van der Waals surface area contributed by atoms with E-state index in [1.807, 2.05) is 0 Å². The molecule has 0 atom stereocenters. The molecule has 2 rings (SSSR count). The number of nitrogens with zero attached hydrogens (tertiary/aromatic N) is 3. The van der Waals surface area contributed by atoms with Gasteiger partial charge in [-0.2, -0.15) is 4.98 Å². The van der Waals surface area contributed by atoms with Gasteiger partial charge < -0.3 is 11.1 Å². The molecule has 0 spiro atoms. The number of nitro groups is 1. The first kappa shape index (κ1) is 14.7. The Kier molecular flexibility index (Phi) is 4.33. The number of nitrogen functional groups attached to an aromatic ring is 1. The van der Waals surface area contributed by atoms with Crippen LogP contribution in [0.4, 0.5) is 21.7 Å². The zero-order valence-electron chi connectivity index (χ0n) is 10.4. The van der Waals surface area contributed by atoms with Crippen LogP contribution in [0, 0.1) is 15.9 Å². The van der Waals surface area contributed by atoms with Gasteiger partial charge in [-0.1, -0.05) is 11.8 Å². The average Bonchev–Trinajstić information content (AvgIpc) is 2.84. The summed E-state index contributed by atoms with van der Waals surface area (Å²) in [5.41, 5.74) is 4.72. The fraction of sp³-hybridized carbons (Fsp3) is 0.100. The number of nitrogens with one attached hydrogen (secondary N) is 2. The van der Waals surface area contributed by atoms with Crippen LogP contribution in [0.2, 0.25) is 0 Å². The molecular formula is C10H9FN6O3S. The van der Waals surface area contributed by atoms with E-state index in [4.69, 9.17) is 5.73 Å². The molecule has 0 saturated heterocycles. The second-order valence-electron chi connectivity index (χ2n) is 3.76. The van der Waals surface area contributed by atoms with Crippen LogP contribution in [-0.4, -0.2) is 31.8 Å². The summed E-state index contributed by atoms with van der Waals surface area (Å²) in [6.45, 7) is 0. The Hall–Kier alpha value is -2.69. The van der Waals surface area contributed by atoms with Gasteiger partial charge in [0.05, 0.1) is 16.7 Å². The van der Waals surface area contributed by atoms with Crippen molar-refractivity contribution in [2.24, 2.45) is 0 Å². The molecule has 4 N–H and O–H groups in total. The van der Waals surface area contributed by atoms with Crippen LogP contribution in [0.5, 0.6) is 0 Å². The maximum Gasteiger partial charge on any atom is 0.295 e. The van der Waals surface area contributed by atoms with Crippen molar-refractivity contribution in [3.05, 3.63) is 34.1 Å². The first-order valence-electron chi connectivity index (χ1n) is 5.50. The largest absolute Gasteiger partial charge is 0.368 e. The number of carbonyl (C=O) groups is 1. The molecule has 0 fully saturated rings. The summed E-state index contributed by atoms with van der Waals surface area (Å²) in [4.78, 5) is 25.5. The molecular weight excluding hydrogens is 303 g/mol. The van der Waals surface area contributed by atoms with E-state index in [1.54, 1.807) is 0 Å². The molecule has 1 aromatic carbocycles. The maximum atomic E-state index is 13.0. The summed E-state index contributed by atoms with van der Waals surface area (Å²) >= 11 is 0.997. The quantitative estimate of drug-likeness (QED) is 0.427. The first-order valence-corrected chi connectivity index (χ1v) is 6.48. The van der Waals surface area contributed by atoms with Gasteiger partial charge in [-0.05, 0) is 12.1 Å². The number of aromatic nitrogens is 3. The molecule has 0 aliphatic rings.